The first-order valence-electron chi connectivity index (χ1n) is 12.3. The lowest BCUT2D eigenvalue weighted by atomic mass is 10.1. The molecule has 4 aromatic rings. The number of halogens is 2. The third-order valence-corrected chi connectivity index (χ3v) is 5.89. The number of rotatable bonds is 10. The minimum atomic E-state index is -0.875. The van der Waals surface area contributed by atoms with E-state index in [-0.39, 0.29) is 34.9 Å². The predicted octanol–water partition coefficient (Wildman–Crippen LogP) is 4.98. The fourth-order valence-corrected chi connectivity index (χ4v) is 3.85. The maximum atomic E-state index is 14.5. The van der Waals surface area contributed by atoms with E-state index in [1.807, 2.05) is 30.3 Å². The molecule has 0 bridgehead atoms. The van der Waals surface area contributed by atoms with Gasteiger partial charge in [-0.3, -0.25) is 0 Å². The third-order valence-electron chi connectivity index (χ3n) is 5.89. The maximum absolute atomic E-state index is 14.5. The minimum Gasteiger partial charge on any atom is -0.494 e. The maximum Gasteiger partial charge on any atom is 0.227 e. The summed E-state index contributed by atoms with van der Waals surface area (Å²) in [6, 6.07) is 14.3. The second-order valence-corrected chi connectivity index (χ2v) is 8.58. The topological polar surface area (TPSA) is 106 Å². The molecule has 1 N–H and O–H groups in total. The summed E-state index contributed by atoms with van der Waals surface area (Å²) in [4.78, 5) is 12.6. The molecule has 1 aliphatic rings. The molecule has 0 spiro atoms. The van der Waals surface area contributed by atoms with Crippen molar-refractivity contribution in [1.29, 1.82) is 0 Å². The number of benzene rings is 2. The van der Waals surface area contributed by atoms with Crippen molar-refractivity contribution in [3.8, 4) is 23.1 Å². The van der Waals surface area contributed by atoms with Crippen molar-refractivity contribution >= 4 is 11.6 Å². The van der Waals surface area contributed by atoms with Gasteiger partial charge in [-0.25, -0.2) is 23.7 Å². The highest BCUT2D eigenvalue weighted by Gasteiger charge is 2.25. The lowest BCUT2D eigenvalue weighted by Gasteiger charge is -2.29. The average molecular weight is 553 g/mol. The Morgan fingerprint density at radius 1 is 0.875 bits per heavy atom. The Morgan fingerprint density at radius 2 is 1.55 bits per heavy atom. The van der Waals surface area contributed by atoms with Crippen LogP contribution in [0.4, 0.5) is 20.4 Å². The van der Waals surface area contributed by atoms with Crippen molar-refractivity contribution < 1.29 is 37.2 Å². The van der Waals surface area contributed by atoms with Gasteiger partial charge in [0, 0.05) is 17.7 Å². The quantitative estimate of drug-likeness (QED) is 0.289. The van der Waals surface area contributed by atoms with Gasteiger partial charge in [-0.2, -0.15) is 0 Å². The fourth-order valence-electron chi connectivity index (χ4n) is 3.85. The molecule has 10 nitrogen and oxygen atoms in total. The van der Waals surface area contributed by atoms with Gasteiger partial charge >= 0.3 is 0 Å². The summed E-state index contributed by atoms with van der Waals surface area (Å²) < 4.78 is 61.8. The molecule has 2 aromatic heterocycles. The van der Waals surface area contributed by atoms with Crippen molar-refractivity contribution in [3.05, 3.63) is 89.9 Å². The van der Waals surface area contributed by atoms with E-state index in [0.29, 0.717) is 24.8 Å². The van der Waals surface area contributed by atoms with Crippen LogP contribution in [0.2, 0.25) is 0 Å². The van der Waals surface area contributed by atoms with Gasteiger partial charge in [0.2, 0.25) is 11.8 Å². The van der Waals surface area contributed by atoms with Gasteiger partial charge in [0.05, 0.1) is 57.3 Å². The van der Waals surface area contributed by atoms with Crippen LogP contribution in [0.25, 0.3) is 0 Å². The van der Waals surface area contributed by atoms with Crippen molar-refractivity contribution in [2.75, 3.05) is 32.8 Å². The van der Waals surface area contributed by atoms with Crippen LogP contribution in [0, 0.1) is 11.6 Å². The molecule has 12 heteroatoms. The van der Waals surface area contributed by atoms with E-state index in [2.05, 4.69) is 20.3 Å². The Balaban J connectivity index is 1.12. The number of pyridine rings is 1. The van der Waals surface area contributed by atoms with Crippen LogP contribution in [-0.2, 0) is 16.1 Å². The van der Waals surface area contributed by atoms with Gasteiger partial charge in [0.15, 0.2) is 35.2 Å². The molecule has 0 amide bonds. The second kappa shape index (κ2) is 12.5. The smallest absolute Gasteiger partial charge is 0.227 e. The number of nitrogens with one attached hydrogen (secondary N) is 1. The van der Waals surface area contributed by atoms with Crippen LogP contribution >= 0.6 is 0 Å². The van der Waals surface area contributed by atoms with Crippen LogP contribution in [-0.4, -0.2) is 48.5 Å². The minimum absolute atomic E-state index is 0.158. The predicted molar refractivity (Wildman–Crippen MR) is 139 cm³/mol. The standard InChI is InChI=1S/C28H26F2N4O6/c1-35-22-10-23(36-2)26(30)21(25(22)29)16-37-19-12-32-28(33-13-19)34-18-8-9-24(31-11-18)40-20-14-38-27(39-15-20)17-6-4-3-5-7-17/h3-13,20,27H,14-16H2,1-2H3,(H,32,33,34). The van der Waals surface area contributed by atoms with Crippen molar-refractivity contribution in [2.24, 2.45) is 0 Å². The molecule has 1 saturated heterocycles. The molecule has 1 aliphatic heterocycles. The molecular weight excluding hydrogens is 526 g/mol. The van der Waals surface area contributed by atoms with Gasteiger partial charge in [0.1, 0.15) is 12.7 Å². The number of nitrogens with zero attached hydrogens (tertiary/aromatic N) is 3. The lowest BCUT2D eigenvalue weighted by Crippen LogP contribution is -2.35. The zero-order valence-corrected chi connectivity index (χ0v) is 21.7. The first-order valence-corrected chi connectivity index (χ1v) is 12.3. The van der Waals surface area contributed by atoms with Gasteiger partial charge < -0.3 is 33.7 Å². The summed E-state index contributed by atoms with van der Waals surface area (Å²) >= 11 is 0. The normalized spacial score (nSPS) is 16.7. The molecule has 0 saturated carbocycles. The molecule has 1 fully saturated rings. The summed E-state index contributed by atoms with van der Waals surface area (Å²) in [5, 5.41) is 3.01. The first kappa shape index (κ1) is 27.0. The summed E-state index contributed by atoms with van der Waals surface area (Å²) in [5.74, 6) is -1.17. The van der Waals surface area contributed by atoms with Gasteiger partial charge in [0.25, 0.3) is 0 Å². The second-order valence-electron chi connectivity index (χ2n) is 8.58. The highest BCUT2D eigenvalue weighted by atomic mass is 19.1. The van der Waals surface area contributed by atoms with Gasteiger partial charge in [-0.1, -0.05) is 30.3 Å². The number of hydrogen-bond donors (Lipinski definition) is 1. The van der Waals surface area contributed by atoms with E-state index in [0.717, 1.165) is 11.6 Å². The fraction of sp³-hybridized carbons (Fsp3) is 0.250. The zero-order valence-electron chi connectivity index (χ0n) is 21.7. The Bertz CT molecular complexity index is 1380. The zero-order chi connectivity index (χ0) is 27.9. The van der Waals surface area contributed by atoms with Crippen LogP contribution in [0.5, 0.6) is 23.1 Å². The Kier molecular flexibility index (Phi) is 8.47. The summed E-state index contributed by atoms with van der Waals surface area (Å²) in [7, 11) is 2.55. The van der Waals surface area contributed by atoms with Crippen molar-refractivity contribution in [3.63, 3.8) is 0 Å². The van der Waals surface area contributed by atoms with Crippen molar-refractivity contribution in [2.45, 2.75) is 19.0 Å². The number of aromatic nitrogens is 3. The lowest BCUT2D eigenvalue weighted by molar-refractivity contribution is -0.216. The summed E-state index contributed by atoms with van der Waals surface area (Å²) in [6.07, 6.45) is 3.62. The third kappa shape index (κ3) is 6.35. The molecule has 0 atom stereocenters. The SMILES string of the molecule is COc1cc(OC)c(F)c(COc2cnc(Nc3ccc(OC4COC(c5ccccc5)OC4)nc3)nc2)c1F. The molecule has 0 radical (unpaired) electrons. The molecular formula is C28H26F2N4O6. The largest absolute Gasteiger partial charge is 0.494 e. The monoisotopic (exact) mass is 552 g/mol. The van der Waals surface area contributed by atoms with Gasteiger partial charge in [-0.05, 0) is 6.07 Å². The molecule has 208 valence electrons. The highest BCUT2D eigenvalue weighted by molar-refractivity contribution is 5.52. The number of methoxy groups -OCH3 is 2. The Hall–Kier alpha value is -4.55. The van der Waals surface area contributed by atoms with Crippen LogP contribution < -0.4 is 24.3 Å². The summed E-state index contributed by atoms with van der Waals surface area (Å²) in [5.41, 5.74) is 1.24. The average Bonchev–Trinajstić information content (AvgIpc) is 3.00. The first-order chi connectivity index (χ1) is 19.5. The Morgan fingerprint density at radius 3 is 2.15 bits per heavy atom. The number of anilines is 2. The van der Waals surface area contributed by atoms with E-state index < -0.39 is 24.5 Å². The highest BCUT2D eigenvalue weighted by Crippen LogP contribution is 2.32. The van der Waals surface area contributed by atoms with E-state index in [1.165, 1.54) is 26.6 Å². The molecule has 0 unspecified atom stereocenters. The van der Waals surface area contributed by atoms with E-state index in [9.17, 15) is 8.78 Å². The van der Waals surface area contributed by atoms with Crippen LogP contribution in [0.1, 0.15) is 17.4 Å². The number of hydrogen-bond acceptors (Lipinski definition) is 10. The van der Waals surface area contributed by atoms with E-state index in [1.54, 1.807) is 18.3 Å². The van der Waals surface area contributed by atoms with Crippen molar-refractivity contribution in [1.82, 2.24) is 15.0 Å². The summed E-state index contributed by atoms with van der Waals surface area (Å²) in [6.45, 7) is 0.318. The molecule has 3 heterocycles. The van der Waals surface area contributed by atoms with Crippen LogP contribution in [0.3, 0.4) is 0 Å². The molecule has 0 aliphatic carbocycles. The van der Waals surface area contributed by atoms with Crippen LogP contribution in [0.15, 0.2) is 67.1 Å². The molecule has 5 rings (SSSR count). The van der Waals surface area contributed by atoms with E-state index >= 15 is 0 Å². The Labute approximate surface area is 228 Å². The molecule has 2 aromatic carbocycles. The van der Waals surface area contributed by atoms with Gasteiger partial charge in [-0.15, -0.1) is 0 Å². The van der Waals surface area contributed by atoms with E-state index in [4.69, 9.17) is 28.4 Å². The molecule has 40 heavy (non-hydrogen) atoms. The number of ether oxygens (including phenoxy) is 6.